The fourth-order valence-corrected chi connectivity index (χ4v) is 2.81. The van der Waals surface area contributed by atoms with Gasteiger partial charge in [-0.15, -0.1) is 0 Å². The number of hydrogen-bond donors (Lipinski definition) is 3. The van der Waals surface area contributed by atoms with Crippen molar-refractivity contribution in [3.63, 3.8) is 0 Å². The first-order valence-electron chi connectivity index (χ1n) is 9.87. The van der Waals surface area contributed by atoms with Gasteiger partial charge in [-0.25, -0.2) is 0 Å². The Morgan fingerprint density at radius 3 is 1.19 bits per heavy atom. The molecule has 0 bridgehead atoms. The summed E-state index contributed by atoms with van der Waals surface area (Å²) in [6.07, 6.45) is 7.84. The van der Waals surface area contributed by atoms with Gasteiger partial charge in [0.25, 0.3) is 0 Å². The van der Waals surface area contributed by atoms with Crippen LogP contribution >= 0.6 is 0 Å². The topological polar surface area (TPSA) is 60.7 Å². The van der Waals surface area contributed by atoms with Crippen molar-refractivity contribution in [2.45, 2.75) is 0 Å². The Kier molecular flexibility index (Phi) is 7.67. The van der Waals surface area contributed by atoms with Crippen LogP contribution < -0.4 is 0 Å². The second kappa shape index (κ2) is 11.1. The second-order valence-electron chi connectivity index (χ2n) is 6.86. The Bertz CT molecular complexity index is 1070. The predicted octanol–water partition coefficient (Wildman–Crippen LogP) is 6.83. The monoisotopic (exact) mass is 408 g/mol. The van der Waals surface area contributed by atoms with Crippen LogP contribution in [0.2, 0.25) is 0 Å². The maximum absolute atomic E-state index is 9.30. The SMILES string of the molecule is C(=Cc1ccccc1)c1ccccc1.Oc1ccc(/C=C/c2cc(O)cc(O)c2)cc1. The molecule has 3 N–H and O–H groups in total. The average Bonchev–Trinajstić information content (AvgIpc) is 2.79. The highest BCUT2D eigenvalue weighted by Gasteiger charge is 1.96. The third-order valence-electron chi connectivity index (χ3n) is 4.35. The highest BCUT2D eigenvalue weighted by molar-refractivity contribution is 5.71. The lowest BCUT2D eigenvalue weighted by Crippen LogP contribution is -1.74. The van der Waals surface area contributed by atoms with Crippen molar-refractivity contribution in [1.29, 1.82) is 0 Å². The van der Waals surface area contributed by atoms with Gasteiger partial charge in [0.05, 0.1) is 0 Å². The van der Waals surface area contributed by atoms with Gasteiger partial charge in [0, 0.05) is 6.07 Å². The zero-order chi connectivity index (χ0) is 21.9. The Labute approximate surface area is 182 Å². The van der Waals surface area contributed by atoms with E-state index < -0.39 is 0 Å². The van der Waals surface area contributed by atoms with Crippen LogP contribution in [0.25, 0.3) is 24.3 Å². The summed E-state index contributed by atoms with van der Waals surface area (Å²) in [6.45, 7) is 0. The van der Waals surface area contributed by atoms with E-state index in [1.54, 1.807) is 42.5 Å². The molecule has 154 valence electrons. The zero-order valence-corrected chi connectivity index (χ0v) is 17.0. The van der Waals surface area contributed by atoms with E-state index in [1.807, 2.05) is 42.5 Å². The van der Waals surface area contributed by atoms with E-state index in [4.69, 9.17) is 5.11 Å². The average molecular weight is 408 g/mol. The molecule has 0 saturated carbocycles. The molecule has 4 aromatic carbocycles. The van der Waals surface area contributed by atoms with Gasteiger partial charge in [0.1, 0.15) is 17.2 Å². The van der Waals surface area contributed by atoms with Gasteiger partial charge in [-0.05, 0) is 46.5 Å². The minimum atomic E-state index is 0.0235. The number of phenols is 3. The molecule has 0 saturated heterocycles. The molecule has 0 fully saturated rings. The van der Waals surface area contributed by atoms with Gasteiger partial charge in [-0.2, -0.15) is 0 Å². The lowest BCUT2D eigenvalue weighted by atomic mass is 10.1. The molecular weight excluding hydrogens is 384 g/mol. The first-order chi connectivity index (χ1) is 15.1. The quantitative estimate of drug-likeness (QED) is 0.324. The highest BCUT2D eigenvalue weighted by atomic mass is 16.3. The summed E-state index contributed by atoms with van der Waals surface area (Å²) < 4.78 is 0. The molecule has 4 rings (SSSR count). The van der Waals surface area contributed by atoms with Gasteiger partial charge >= 0.3 is 0 Å². The smallest absolute Gasteiger partial charge is 0.119 e. The lowest BCUT2D eigenvalue weighted by molar-refractivity contribution is 0.450. The molecule has 0 aromatic heterocycles. The first-order valence-corrected chi connectivity index (χ1v) is 9.87. The minimum absolute atomic E-state index is 0.0235. The third-order valence-corrected chi connectivity index (χ3v) is 4.35. The Hall–Kier alpha value is -4.24. The number of hydrogen-bond acceptors (Lipinski definition) is 3. The number of rotatable bonds is 4. The lowest BCUT2D eigenvalue weighted by Gasteiger charge is -1.98. The third kappa shape index (κ3) is 7.59. The number of benzene rings is 4. The van der Waals surface area contributed by atoms with Crippen LogP contribution in [0.3, 0.4) is 0 Å². The van der Waals surface area contributed by atoms with Crippen LogP contribution in [0.4, 0.5) is 0 Å². The fourth-order valence-electron chi connectivity index (χ4n) is 2.81. The Balaban J connectivity index is 0.000000179. The Morgan fingerprint density at radius 1 is 0.355 bits per heavy atom. The van der Waals surface area contributed by atoms with Gasteiger partial charge in [0.15, 0.2) is 0 Å². The highest BCUT2D eigenvalue weighted by Crippen LogP contribution is 2.22. The van der Waals surface area contributed by atoms with Crippen molar-refractivity contribution in [3.05, 3.63) is 125 Å². The molecule has 0 unspecified atom stereocenters. The first kappa shape index (κ1) is 21.5. The summed E-state index contributed by atoms with van der Waals surface area (Å²) >= 11 is 0. The number of phenolic OH excluding ortho intramolecular Hbond substituents is 3. The maximum atomic E-state index is 9.30. The second-order valence-corrected chi connectivity index (χ2v) is 6.86. The van der Waals surface area contributed by atoms with Crippen molar-refractivity contribution >= 4 is 24.3 Å². The number of aromatic hydroxyl groups is 3. The van der Waals surface area contributed by atoms with Crippen molar-refractivity contribution in [3.8, 4) is 17.2 Å². The molecular formula is C28H24O3. The molecule has 0 aliphatic heterocycles. The molecule has 0 aliphatic carbocycles. The van der Waals surface area contributed by atoms with Crippen LogP contribution in [0, 0.1) is 0 Å². The predicted molar refractivity (Wildman–Crippen MR) is 129 cm³/mol. The molecule has 3 nitrogen and oxygen atoms in total. The maximum Gasteiger partial charge on any atom is 0.119 e. The molecule has 3 heteroatoms. The minimum Gasteiger partial charge on any atom is -0.508 e. The van der Waals surface area contributed by atoms with Gasteiger partial charge in [0.2, 0.25) is 0 Å². The molecule has 31 heavy (non-hydrogen) atoms. The molecule has 0 heterocycles. The molecule has 0 aliphatic rings. The van der Waals surface area contributed by atoms with E-state index in [1.165, 1.54) is 17.2 Å². The van der Waals surface area contributed by atoms with Crippen LogP contribution in [0.15, 0.2) is 103 Å². The van der Waals surface area contributed by atoms with Gasteiger partial charge < -0.3 is 15.3 Å². The van der Waals surface area contributed by atoms with E-state index >= 15 is 0 Å². The van der Waals surface area contributed by atoms with Crippen molar-refractivity contribution in [2.24, 2.45) is 0 Å². The van der Waals surface area contributed by atoms with E-state index in [9.17, 15) is 10.2 Å². The summed E-state index contributed by atoms with van der Waals surface area (Å²) in [7, 11) is 0. The van der Waals surface area contributed by atoms with Crippen molar-refractivity contribution in [2.75, 3.05) is 0 Å². The molecule has 0 amide bonds. The molecule has 0 radical (unpaired) electrons. The van der Waals surface area contributed by atoms with Gasteiger partial charge in [-0.3, -0.25) is 0 Å². The summed E-state index contributed by atoms with van der Waals surface area (Å²) in [5.41, 5.74) is 4.09. The molecule has 0 spiro atoms. The van der Waals surface area contributed by atoms with E-state index in [-0.39, 0.29) is 17.2 Å². The van der Waals surface area contributed by atoms with Gasteiger partial charge in [-0.1, -0.05) is 97.1 Å². The molecule has 0 atom stereocenters. The largest absolute Gasteiger partial charge is 0.508 e. The van der Waals surface area contributed by atoms with Crippen LogP contribution in [0.5, 0.6) is 17.2 Å². The van der Waals surface area contributed by atoms with E-state index in [2.05, 4.69) is 36.4 Å². The zero-order valence-electron chi connectivity index (χ0n) is 17.0. The summed E-state index contributed by atoms with van der Waals surface area (Å²) in [6, 6.07) is 31.7. The van der Waals surface area contributed by atoms with Crippen LogP contribution in [-0.2, 0) is 0 Å². The van der Waals surface area contributed by atoms with Crippen LogP contribution in [0.1, 0.15) is 22.3 Å². The molecule has 4 aromatic rings. The standard InChI is InChI=1S/C14H12O3.C14H12/c15-12-5-3-10(4-6-12)1-2-11-7-13(16)9-14(17)8-11;1-3-7-13(8-4-1)11-12-14-9-5-2-6-10-14/h1-9,15-17H;1-12H/b2-1+;. The van der Waals surface area contributed by atoms with E-state index in [0.29, 0.717) is 5.56 Å². The normalized spacial score (nSPS) is 10.7. The van der Waals surface area contributed by atoms with Crippen LogP contribution in [-0.4, -0.2) is 15.3 Å². The Morgan fingerprint density at radius 2 is 0.742 bits per heavy atom. The summed E-state index contributed by atoms with van der Waals surface area (Å²) in [5, 5.41) is 27.7. The summed E-state index contributed by atoms with van der Waals surface area (Å²) in [4.78, 5) is 0. The van der Waals surface area contributed by atoms with Crippen molar-refractivity contribution in [1.82, 2.24) is 0 Å². The van der Waals surface area contributed by atoms with Crippen molar-refractivity contribution < 1.29 is 15.3 Å². The summed E-state index contributed by atoms with van der Waals surface area (Å²) in [5.74, 6) is 0.267. The van der Waals surface area contributed by atoms with E-state index in [0.717, 1.165) is 5.56 Å². The fraction of sp³-hybridized carbons (Fsp3) is 0.